The number of aliphatic hydroxyl groups excluding tert-OH is 1. The number of amides is 3. The Morgan fingerprint density at radius 2 is 1.73 bits per heavy atom. The summed E-state index contributed by atoms with van der Waals surface area (Å²) in [6, 6.07) is 22.2. The number of nitrogens with one attached hydrogen (secondary N) is 2. The summed E-state index contributed by atoms with van der Waals surface area (Å²) in [5.41, 5.74) is 2.69. The molecule has 3 N–H and O–H groups in total. The first-order valence-electron chi connectivity index (χ1n) is 13.4. The van der Waals surface area contributed by atoms with Gasteiger partial charge in [-0.3, -0.25) is 14.4 Å². The lowest BCUT2D eigenvalue weighted by Gasteiger charge is -2.37. The van der Waals surface area contributed by atoms with E-state index in [-0.39, 0.29) is 29.6 Å². The highest BCUT2D eigenvalue weighted by Gasteiger charge is 2.74. The second-order valence-corrected chi connectivity index (χ2v) is 12.7. The molecule has 0 aromatic heterocycles. The van der Waals surface area contributed by atoms with E-state index in [9.17, 15) is 19.5 Å². The van der Waals surface area contributed by atoms with Crippen LogP contribution in [0.15, 0.2) is 78.9 Å². The van der Waals surface area contributed by atoms with Crippen molar-refractivity contribution in [3.8, 4) is 0 Å². The van der Waals surface area contributed by atoms with Crippen LogP contribution in [0.3, 0.4) is 0 Å². The third-order valence-electron chi connectivity index (χ3n) is 8.49. The number of halogens is 1. The minimum Gasteiger partial charge on any atom is -0.394 e. The van der Waals surface area contributed by atoms with Crippen molar-refractivity contribution in [2.75, 3.05) is 17.2 Å². The van der Waals surface area contributed by atoms with E-state index >= 15 is 0 Å². The number of hydrogen-bond donors (Lipinski definition) is 3. The van der Waals surface area contributed by atoms with E-state index in [2.05, 4.69) is 10.6 Å². The lowest BCUT2D eigenvalue weighted by molar-refractivity contribution is -0.141. The van der Waals surface area contributed by atoms with Crippen LogP contribution >= 0.6 is 23.4 Å². The molecule has 1 spiro atoms. The molecule has 2 bridgehead atoms. The molecule has 3 heterocycles. The van der Waals surface area contributed by atoms with Gasteiger partial charge in [-0.1, -0.05) is 72.3 Å². The van der Waals surface area contributed by atoms with Crippen molar-refractivity contribution in [2.24, 2.45) is 11.8 Å². The first kappa shape index (κ1) is 26.9. The summed E-state index contributed by atoms with van der Waals surface area (Å²) < 4.78 is -0.804. The van der Waals surface area contributed by atoms with Crippen LogP contribution in [0.5, 0.6) is 0 Å². The Hall–Kier alpha value is -3.33. The molecule has 3 fully saturated rings. The first-order valence-corrected chi connectivity index (χ1v) is 14.7. The van der Waals surface area contributed by atoms with E-state index in [1.54, 1.807) is 22.7 Å². The summed E-state index contributed by atoms with van der Waals surface area (Å²) in [5.74, 6) is -2.14. The van der Waals surface area contributed by atoms with Crippen molar-refractivity contribution >= 4 is 52.5 Å². The molecule has 6 rings (SSSR count). The molecule has 6 atom stereocenters. The minimum absolute atomic E-state index is 0.0820. The number of carbonyl (C=O) groups excluding carboxylic acids is 3. The van der Waals surface area contributed by atoms with Crippen molar-refractivity contribution in [3.05, 3.63) is 95.0 Å². The fourth-order valence-corrected chi connectivity index (χ4v) is 9.26. The van der Waals surface area contributed by atoms with Crippen molar-refractivity contribution in [3.63, 3.8) is 0 Å². The van der Waals surface area contributed by atoms with Gasteiger partial charge in [-0.2, -0.15) is 0 Å². The van der Waals surface area contributed by atoms with Crippen molar-refractivity contribution < 1.29 is 19.5 Å². The van der Waals surface area contributed by atoms with Gasteiger partial charge in [0.25, 0.3) is 0 Å². The third-order valence-corrected chi connectivity index (χ3v) is 10.8. The predicted molar refractivity (Wildman–Crippen MR) is 157 cm³/mol. The molecule has 3 amide bonds. The molecule has 206 valence electrons. The monoisotopic (exact) mass is 575 g/mol. The molecule has 3 aliphatic heterocycles. The number of anilines is 2. The number of aryl methyl sites for hydroxylation is 1. The topological polar surface area (TPSA) is 98.7 Å². The average Bonchev–Trinajstić information content (AvgIpc) is 3.60. The summed E-state index contributed by atoms with van der Waals surface area (Å²) in [4.78, 5) is 43.9. The second kappa shape index (κ2) is 10.6. The highest BCUT2D eigenvalue weighted by molar-refractivity contribution is 8.02. The zero-order valence-electron chi connectivity index (χ0n) is 21.9. The highest BCUT2D eigenvalue weighted by Crippen LogP contribution is 2.67. The summed E-state index contributed by atoms with van der Waals surface area (Å²) in [5, 5.41) is 16.9. The number of benzene rings is 3. The average molecular weight is 576 g/mol. The normalized spacial score (nSPS) is 27.4. The maximum absolute atomic E-state index is 14.4. The van der Waals surface area contributed by atoms with Crippen LogP contribution in [0.25, 0.3) is 0 Å². The molecule has 0 aliphatic carbocycles. The number of nitrogens with zero attached hydrogens (tertiary/aromatic N) is 1. The second-order valence-electron chi connectivity index (χ2n) is 10.7. The summed E-state index contributed by atoms with van der Waals surface area (Å²) >= 11 is 8.05. The number of likely N-dealkylation sites (tertiary alicyclic amines) is 1. The van der Waals surface area contributed by atoms with Crippen molar-refractivity contribution in [1.29, 1.82) is 0 Å². The molecule has 3 saturated heterocycles. The lowest BCUT2D eigenvalue weighted by Crippen LogP contribution is -2.52. The molecule has 3 aromatic rings. The quantitative estimate of drug-likeness (QED) is 0.366. The Morgan fingerprint density at radius 1 is 1.02 bits per heavy atom. The van der Waals surface area contributed by atoms with Crippen LogP contribution < -0.4 is 10.6 Å². The van der Waals surface area contributed by atoms with E-state index in [0.29, 0.717) is 22.8 Å². The highest BCUT2D eigenvalue weighted by atomic mass is 35.5. The Labute approximate surface area is 242 Å². The van der Waals surface area contributed by atoms with Crippen LogP contribution in [-0.4, -0.2) is 50.4 Å². The standard InChI is InChI=1S/C31H30ClN3O4S/c1-18-9-8-14-21(32)26(18)34-29(38)27-31-16-15-23(40-31)24(28(37)33-20-12-6-3-7-13-20)25(31)30(39)35(27)22(17-36)19-10-4-2-5-11-19/h2-14,22-25,27,36H,15-17H2,1H3,(H,33,37)(H,34,38)/t22-,23-,24+,25+,27?,31?/m1/s1. The number of thioether (sulfide) groups is 1. The molecule has 0 saturated carbocycles. The number of para-hydroxylation sites is 2. The SMILES string of the molecule is Cc1cccc(Cl)c1NC(=O)C1N([C@H](CO)c2ccccc2)C(=O)[C@@H]2[C@@H](C(=O)Nc3ccccc3)[C@H]3CCC12S3. The number of hydrogen-bond acceptors (Lipinski definition) is 5. The minimum atomic E-state index is -0.900. The van der Waals surface area contributed by atoms with Gasteiger partial charge >= 0.3 is 0 Å². The Balaban J connectivity index is 1.42. The van der Waals surface area contributed by atoms with Crippen LogP contribution in [-0.2, 0) is 14.4 Å². The molecule has 3 aromatic carbocycles. The van der Waals surface area contributed by atoms with E-state index in [4.69, 9.17) is 11.6 Å². The molecule has 2 unspecified atom stereocenters. The van der Waals surface area contributed by atoms with Gasteiger partial charge in [0.05, 0.1) is 39.9 Å². The van der Waals surface area contributed by atoms with Crippen LogP contribution in [0.1, 0.15) is 30.0 Å². The molecular weight excluding hydrogens is 546 g/mol. The largest absolute Gasteiger partial charge is 0.394 e. The predicted octanol–water partition coefficient (Wildman–Crippen LogP) is 5.05. The first-order chi connectivity index (χ1) is 19.4. The van der Waals surface area contributed by atoms with Gasteiger partial charge in [0, 0.05) is 10.9 Å². The van der Waals surface area contributed by atoms with Gasteiger partial charge in [-0.15, -0.1) is 11.8 Å². The van der Waals surface area contributed by atoms with Crippen LogP contribution in [0.4, 0.5) is 11.4 Å². The van der Waals surface area contributed by atoms with Crippen molar-refractivity contribution in [1.82, 2.24) is 4.90 Å². The van der Waals surface area contributed by atoms with Gasteiger partial charge in [-0.25, -0.2) is 0 Å². The Bertz CT molecular complexity index is 1440. The number of fused-ring (bicyclic) bond motifs is 1. The Kier molecular flexibility index (Phi) is 7.10. The Morgan fingerprint density at radius 3 is 2.40 bits per heavy atom. The van der Waals surface area contributed by atoms with Gasteiger partial charge in [0.1, 0.15) is 6.04 Å². The molecule has 3 aliphatic rings. The fourth-order valence-electron chi connectivity index (χ4n) is 6.78. The van der Waals surface area contributed by atoms with E-state index in [1.807, 2.05) is 79.7 Å². The maximum Gasteiger partial charge on any atom is 0.248 e. The number of carbonyl (C=O) groups is 3. The fraction of sp³-hybridized carbons (Fsp3) is 0.323. The van der Waals surface area contributed by atoms with Gasteiger partial charge < -0.3 is 20.6 Å². The molecule has 9 heteroatoms. The summed E-state index contributed by atoms with van der Waals surface area (Å²) in [7, 11) is 0. The van der Waals surface area contributed by atoms with Crippen molar-refractivity contribution in [2.45, 2.75) is 41.8 Å². The van der Waals surface area contributed by atoms with Gasteiger partial charge in [0.15, 0.2) is 0 Å². The summed E-state index contributed by atoms with van der Waals surface area (Å²) in [6.45, 7) is 1.50. The van der Waals surface area contributed by atoms with E-state index in [0.717, 1.165) is 17.5 Å². The maximum atomic E-state index is 14.4. The zero-order chi connectivity index (χ0) is 28.0. The van der Waals surface area contributed by atoms with Gasteiger partial charge in [-0.05, 0) is 49.1 Å². The number of rotatable bonds is 7. The lowest BCUT2D eigenvalue weighted by atomic mass is 9.70. The van der Waals surface area contributed by atoms with Crippen LogP contribution in [0, 0.1) is 18.8 Å². The molecule has 7 nitrogen and oxygen atoms in total. The zero-order valence-corrected chi connectivity index (χ0v) is 23.5. The molecule has 0 radical (unpaired) electrons. The third kappa shape index (κ3) is 4.29. The smallest absolute Gasteiger partial charge is 0.248 e. The van der Waals surface area contributed by atoms with Crippen LogP contribution in [0.2, 0.25) is 5.02 Å². The van der Waals surface area contributed by atoms with E-state index in [1.165, 1.54) is 0 Å². The molecule has 40 heavy (non-hydrogen) atoms. The number of aliphatic hydroxyl groups is 1. The van der Waals surface area contributed by atoms with Gasteiger partial charge in [0.2, 0.25) is 17.7 Å². The van der Waals surface area contributed by atoms with E-state index < -0.39 is 28.7 Å². The molecular formula is C31H30ClN3O4S. The summed E-state index contributed by atoms with van der Waals surface area (Å²) in [6.07, 6.45) is 1.34.